The van der Waals surface area contributed by atoms with Crippen molar-refractivity contribution < 1.29 is 14.4 Å². The molecular formula is C25H28N2O3. The Balaban J connectivity index is 1.37. The van der Waals surface area contributed by atoms with E-state index in [1.54, 1.807) is 4.90 Å². The van der Waals surface area contributed by atoms with Crippen LogP contribution >= 0.6 is 0 Å². The van der Waals surface area contributed by atoms with Crippen LogP contribution in [0.4, 0.5) is 5.69 Å². The zero-order valence-electron chi connectivity index (χ0n) is 17.4. The first kappa shape index (κ1) is 20.3. The normalized spacial score (nSPS) is 19.9. The van der Waals surface area contributed by atoms with Crippen LogP contribution in [-0.4, -0.2) is 42.1 Å². The van der Waals surface area contributed by atoms with E-state index in [1.165, 1.54) is 0 Å². The van der Waals surface area contributed by atoms with Crippen molar-refractivity contribution in [1.29, 1.82) is 0 Å². The molecule has 2 fully saturated rings. The number of amides is 2. The van der Waals surface area contributed by atoms with Gasteiger partial charge in [0.1, 0.15) is 0 Å². The fourth-order valence-electron chi connectivity index (χ4n) is 4.64. The van der Waals surface area contributed by atoms with Gasteiger partial charge in [0, 0.05) is 43.2 Å². The number of likely N-dealkylation sites (tertiary alicyclic amines) is 1. The Morgan fingerprint density at radius 1 is 0.933 bits per heavy atom. The molecule has 156 valence electrons. The summed E-state index contributed by atoms with van der Waals surface area (Å²) in [6, 6.07) is 17.3. The molecule has 4 rings (SSSR count). The minimum atomic E-state index is -0.302. The third-order valence-corrected chi connectivity index (χ3v) is 6.37. The van der Waals surface area contributed by atoms with Gasteiger partial charge in [-0.25, -0.2) is 0 Å². The van der Waals surface area contributed by atoms with Crippen LogP contribution in [-0.2, 0) is 16.0 Å². The molecule has 5 heteroatoms. The fraction of sp³-hybridized carbons (Fsp3) is 0.400. The smallest absolute Gasteiger partial charge is 0.228 e. The molecule has 0 radical (unpaired) electrons. The third-order valence-electron chi connectivity index (χ3n) is 6.37. The van der Waals surface area contributed by atoms with E-state index in [-0.39, 0.29) is 35.9 Å². The van der Waals surface area contributed by atoms with Gasteiger partial charge in [-0.3, -0.25) is 14.4 Å². The van der Waals surface area contributed by atoms with E-state index in [0.717, 1.165) is 23.2 Å². The second-order valence-electron chi connectivity index (χ2n) is 8.22. The summed E-state index contributed by atoms with van der Waals surface area (Å²) in [5, 5.41) is 0. The lowest BCUT2D eigenvalue weighted by molar-refractivity contribution is -0.137. The number of piperidine rings is 1. The van der Waals surface area contributed by atoms with Crippen LogP contribution in [0.5, 0.6) is 0 Å². The number of anilines is 1. The number of ketones is 1. The Bertz CT molecular complexity index is 932. The number of benzene rings is 2. The van der Waals surface area contributed by atoms with E-state index in [1.807, 2.05) is 59.5 Å². The van der Waals surface area contributed by atoms with E-state index >= 15 is 0 Å². The zero-order valence-corrected chi connectivity index (χ0v) is 17.4. The lowest BCUT2D eigenvalue weighted by Gasteiger charge is -2.33. The Morgan fingerprint density at radius 3 is 2.30 bits per heavy atom. The van der Waals surface area contributed by atoms with Crippen molar-refractivity contribution in [2.45, 2.75) is 32.6 Å². The van der Waals surface area contributed by atoms with Crippen LogP contribution in [0.25, 0.3) is 0 Å². The molecule has 2 amide bonds. The Hall–Kier alpha value is -2.95. The van der Waals surface area contributed by atoms with Crippen molar-refractivity contribution >= 4 is 23.3 Å². The summed E-state index contributed by atoms with van der Waals surface area (Å²) in [6.45, 7) is 3.68. The first-order chi connectivity index (χ1) is 14.6. The number of carbonyl (C=O) groups is 3. The van der Waals surface area contributed by atoms with Gasteiger partial charge in [-0.2, -0.15) is 0 Å². The van der Waals surface area contributed by atoms with Gasteiger partial charge in [-0.05, 0) is 30.9 Å². The molecule has 0 N–H and O–H groups in total. The van der Waals surface area contributed by atoms with Crippen LogP contribution in [0.2, 0.25) is 0 Å². The standard InChI is InChI=1S/C25H28N2O3/c1-2-18-8-6-7-11-22(18)27-17-21(16-23(27)28)25(30)26-14-12-20(13-15-26)24(29)19-9-4-3-5-10-19/h3-11,20-21H,2,12-17H2,1H3. The SMILES string of the molecule is CCc1ccccc1N1CC(C(=O)N2CCC(C(=O)c3ccccc3)CC2)CC1=O. The first-order valence-electron chi connectivity index (χ1n) is 10.8. The Morgan fingerprint density at radius 2 is 1.60 bits per heavy atom. The summed E-state index contributed by atoms with van der Waals surface area (Å²) in [5.74, 6) is -0.103. The number of hydrogen-bond donors (Lipinski definition) is 0. The van der Waals surface area contributed by atoms with E-state index in [0.29, 0.717) is 32.5 Å². The summed E-state index contributed by atoms with van der Waals surface area (Å²) >= 11 is 0. The highest BCUT2D eigenvalue weighted by atomic mass is 16.2. The van der Waals surface area contributed by atoms with Gasteiger partial charge < -0.3 is 9.80 Å². The van der Waals surface area contributed by atoms with Gasteiger partial charge in [0.25, 0.3) is 0 Å². The number of carbonyl (C=O) groups excluding carboxylic acids is 3. The molecule has 0 spiro atoms. The summed E-state index contributed by atoms with van der Waals surface area (Å²) in [7, 11) is 0. The Kier molecular flexibility index (Phi) is 5.98. The van der Waals surface area contributed by atoms with E-state index in [4.69, 9.17) is 0 Å². The third kappa shape index (κ3) is 4.02. The molecule has 2 aromatic carbocycles. The van der Waals surface area contributed by atoms with Crippen molar-refractivity contribution in [3.63, 3.8) is 0 Å². The number of hydrogen-bond acceptors (Lipinski definition) is 3. The number of Topliss-reactive ketones (excluding diaryl/α,β-unsaturated/α-hetero) is 1. The number of para-hydroxylation sites is 1. The average molecular weight is 405 g/mol. The summed E-state index contributed by atoms with van der Waals surface area (Å²) in [6.07, 6.45) is 2.48. The molecule has 0 aromatic heterocycles. The second kappa shape index (κ2) is 8.82. The highest BCUT2D eigenvalue weighted by molar-refractivity contribution is 6.01. The molecule has 1 atom stereocenters. The zero-order chi connectivity index (χ0) is 21.1. The van der Waals surface area contributed by atoms with Gasteiger partial charge in [0.15, 0.2) is 5.78 Å². The largest absolute Gasteiger partial charge is 0.342 e. The van der Waals surface area contributed by atoms with Crippen molar-refractivity contribution in [3.05, 3.63) is 65.7 Å². The van der Waals surface area contributed by atoms with Crippen LogP contribution in [0.15, 0.2) is 54.6 Å². The summed E-state index contributed by atoms with van der Waals surface area (Å²) in [4.78, 5) is 42.0. The lowest BCUT2D eigenvalue weighted by Crippen LogP contribution is -2.43. The monoisotopic (exact) mass is 404 g/mol. The molecule has 2 aromatic rings. The maximum Gasteiger partial charge on any atom is 0.228 e. The van der Waals surface area contributed by atoms with Gasteiger partial charge in [0.05, 0.1) is 5.92 Å². The molecule has 2 aliphatic rings. The minimum absolute atomic E-state index is 0.0170. The quantitative estimate of drug-likeness (QED) is 0.714. The fourth-order valence-corrected chi connectivity index (χ4v) is 4.64. The van der Waals surface area contributed by atoms with Crippen LogP contribution in [0, 0.1) is 11.8 Å². The summed E-state index contributed by atoms with van der Waals surface area (Å²) < 4.78 is 0. The van der Waals surface area contributed by atoms with Gasteiger partial charge in [-0.1, -0.05) is 55.5 Å². The summed E-state index contributed by atoms with van der Waals surface area (Å²) in [5.41, 5.74) is 2.79. The number of rotatable bonds is 5. The minimum Gasteiger partial charge on any atom is -0.342 e. The maximum atomic E-state index is 13.1. The van der Waals surface area contributed by atoms with E-state index in [9.17, 15) is 14.4 Å². The van der Waals surface area contributed by atoms with Crippen molar-refractivity contribution in [3.8, 4) is 0 Å². The molecule has 30 heavy (non-hydrogen) atoms. The van der Waals surface area contributed by atoms with Crippen molar-refractivity contribution in [2.24, 2.45) is 11.8 Å². The average Bonchev–Trinajstić information content (AvgIpc) is 3.20. The van der Waals surface area contributed by atoms with Crippen LogP contribution in [0.3, 0.4) is 0 Å². The van der Waals surface area contributed by atoms with Gasteiger partial charge in [0.2, 0.25) is 11.8 Å². The van der Waals surface area contributed by atoms with Crippen molar-refractivity contribution in [2.75, 3.05) is 24.5 Å². The van der Waals surface area contributed by atoms with E-state index < -0.39 is 0 Å². The van der Waals surface area contributed by atoms with Gasteiger partial charge in [-0.15, -0.1) is 0 Å². The highest BCUT2D eigenvalue weighted by Crippen LogP contribution is 2.30. The Labute approximate surface area is 177 Å². The molecular weight excluding hydrogens is 376 g/mol. The number of aryl methyl sites for hydroxylation is 1. The maximum absolute atomic E-state index is 13.1. The predicted octanol–water partition coefficient (Wildman–Crippen LogP) is 3.72. The van der Waals surface area contributed by atoms with E-state index in [2.05, 4.69) is 6.92 Å². The topological polar surface area (TPSA) is 57.7 Å². The molecule has 0 aliphatic carbocycles. The molecule has 2 saturated heterocycles. The highest BCUT2D eigenvalue weighted by Gasteiger charge is 2.39. The molecule has 5 nitrogen and oxygen atoms in total. The van der Waals surface area contributed by atoms with Crippen LogP contribution < -0.4 is 4.90 Å². The van der Waals surface area contributed by atoms with Gasteiger partial charge >= 0.3 is 0 Å². The first-order valence-corrected chi connectivity index (χ1v) is 10.8. The van der Waals surface area contributed by atoms with Crippen LogP contribution in [0.1, 0.15) is 42.1 Å². The molecule has 1 unspecified atom stereocenters. The number of nitrogens with zero attached hydrogens (tertiary/aromatic N) is 2. The lowest BCUT2D eigenvalue weighted by atomic mass is 9.88. The molecule has 2 aliphatic heterocycles. The predicted molar refractivity (Wildman–Crippen MR) is 116 cm³/mol. The molecule has 2 heterocycles. The second-order valence-corrected chi connectivity index (χ2v) is 8.22. The van der Waals surface area contributed by atoms with Crippen molar-refractivity contribution in [1.82, 2.24) is 4.90 Å². The molecule has 0 saturated carbocycles. The molecule has 0 bridgehead atoms.